The van der Waals surface area contributed by atoms with Crippen LogP contribution in [0.25, 0.3) is 10.9 Å². The number of aromatic nitrogens is 1. The second kappa shape index (κ2) is 11.4. The van der Waals surface area contributed by atoms with E-state index in [4.69, 9.17) is 4.74 Å². The number of ketones is 2. The molecule has 1 aromatic heterocycles. The van der Waals surface area contributed by atoms with Crippen LogP contribution in [0.1, 0.15) is 57.1 Å². The van der Waals surface area contributed by atoms with E-state index in [2.05, 4.69) is 18.0 Å². The van der Waals surface area contributed by atoms with Crippen LogP contribution in [0.2, 0.25) is 0 Å². The van der Waals surface area contributed by atoms with Gasteiger partial charge in [-0.25, -0.2) is 0 Å². The van der Waals surface area contributed by atoms with Gasteiger partial charge in [0.1, 0.15) is 23.9 Å². The molecule has 0 radical (unpaired) electrons. The van der Waals surface area contributed by atoms with Crippen molar-refractivity contribution in [3.05, 3.63) is 71.9 Å². The minimum Gasteiger partial charge on any atom is -0.489 e. The number of Topliss-reactive ketones (excluding diaryl/α,β-unsaturated/α-hetero) is 2. The number of fused-ring (bicyclic) bond motifs is 1. The Hall–Kier alpha value is -3.01. The summed E-state index contributed by atoms with van der Waals surface area (Å²) < 4.78 is 5.91. The highest BCUT2D eigenvalue weighted by molar-refractivity contribution is 6.02. The first kappa shape index (κ1) is 22.7. The van der Waals surface area contributed by atoms with E-state index >= 15 is 0 Å². The van der Waals surface area contributed by atoms with Crippen molar-refractivity contribution in [1.82, 2.24) is 4.98 Å². The molecular weight excluding hydrogens is 386 g/mol. The third-order valence-corrected chi connectivity index (χ3v) is 5.47. The van der Waals surface area contributed by atoms with Crippen molar-refractivity contribution in [3.8, 4) is 5.75 Å². The van der Waals surface area contributed by atoms with Gasteiger partial charge in [0.25, 0.3) is 0 Å². The van der Waals surface area contributed by atoms with Crippen molar-refractivity contribution in [2.45, 2.75) is 59.0 Å². The maximum Gasteiger partial charge on any atom is 0.143 e. The molecule has 0 fully saturated rings. The molecule has 0 spiro atoms. The Bertz CT molecular complexity index is 1010. The molecule has 3 aromatic rings. The Morgan fingerprint density at radius 1 is 0.903 bits per heavy atom. The van der Waals surface area contributed by atoms with E-state index in [1.54, 1.807) is 0 Å². The van der Waals surface area contributed by atoms with E-state index in [0.717, 1.165) is 47.0 Å². The lowest BCUT2D eigenvalue weighted by molar-refractivity contribution is -0.132. The van der Waals surface area contributed by atoms with Gasteiger partial charge in [0, 0.05) is 30.0 Å². The molecule has 4 nitrogen and oxygen atoms in total. The van der Waals surface area contributed by atoms with Crippen molar-refractivity contribution in [2.24, 2.45) is 5.92 Å². The molecule has 4 heteroatoms. The Labute approximate surface area is 184 Å². The maximum atomic E-state index is 12.6. The molecular formula is C27H31NO3. The van der Waals surface area contributed by atoms with E-state index in [9.17, 15) is 9.59 Å². The van der Waals surface area contributed by atoms with Gasteiger partial charge in [-0.15, -0.1) is 0 Å². The monoisotopic (exact) mass is 417 g/mol. The summed E-state index contributed by atoms with van der Waals surface area (Å²) in [5.41, 5.74) is 2.96. The van der Waals surface area contributed by atoms with Crippen LogP contribution in [0.4, 0.5) is 0 Å². The second-order valence-electron chi connectivity index (χ2n) is 8.01. The fourth-order valence-electron chi connectivity index (χ4n) is 3.67. The zero-order valence-corrected chi connectivity index (χ0v) is 18.5. The lowest BCUT2D eigenvalue weighted by atomic mass is 9.87. The summed E-state index contributed by atoms with van der Waals surface area (Å²) >= 11 is 0. The van der Waals surface area contributed by atoms with Crippen LogP contribution in [0.3, 0.4) is 0 Å². The van der Waals surface area contributed by atoms with Crippen LogP contribution in [0.5, 0.6) is 5.75 Å². The zero-order valence-electron chi connectivity index (χ0n) is 18.5. The number of ether oxygens (including phenoxy) is 1. The van der Waals surface area contributed by atoms with Crippen LogP contribution >= 0.6 is 0 Å². The highest BCUT2D eigenvalue weighted by atomic mass is 16.5. The first-order chi connectivity index (χ1) is 15.1. The van der Waals surface area contributed by atoms with Crippen LogP contribution < -0.4 is 4.74 Å². The number of rotatable bonds is 12. The summed E-state index contributed by atoms with van der Waals surface area (Å²) in [7, 11) is 0. The normalized spacial score (nSPS) is 11.9. The van der Waals surface area contributed by atoms with E-state index in [1.165, 1.54) is 0 Å². The van der Waals surface area contributed by atoms with Gasteiger partial charge in [-0.1, -0.05) is 50.6 Å². The highest BCUT2D eigenvalue weighted by Crippen LogP contribution is 2.21. The fraction of sp³-hybridized carbons (Fsp3) is 0.370. The van der Waals surface area contributed by atoms with E-state index in [0.29, 0.717) is 25.9 Å². The smallest absolute Gasteiger partial charge is 0.143 e. The van der Waals surface area contributed by atoms with Crippen molar-refractivity contribution < 1.29 is 14.3 Å². The molecule has 162 valence electrons. The lowest BCUT2D eigenvalue weighted by Crippen LogP contribution is -2.26. The summed E-state index contributed by atoms with van der Waals surface area (Å²) in [6.45, 7) is 4.47. The van der Waals surface area contributed by atoms with Crippen molar-refractivity contribution >= 4 is 22.5 Å². The molecule has 1 unspecified atom stereocenters. The summed E-state index contributed by atoms with van der Waals surface area (Å²) in [6.07, 6.45) is 5.82. The number of carbonyl (C=O) groups excluding carboxylic acids is 2. The molecule has 2 aromatic carbocycles. The van der Waals surface area contributed by atoms with Crippen molar-refractivity contribution in [1.29, 1.82) is 0 Å². The van der Waals surface area contributed by atoms with E-state index in [1.807, 2.05) is 61.7 Å². The third kappa shape index (κ3) is 6.48. The van der Waals surface area contributed by atoms with Gasteiger partial charge in [0.2, 0.25) is 0 Å². The molecule has 0 saturated heterocycles. The topological polar surface area (TPSA) is 56.3 Å². The van der Waals surface area contributed by atoms with Gasteiger partial charge >= 0.3 is 0 Å². The summed E-state index contributed by atoms with van der Waals surface area (Å²) in [6, 6.07) is 17.8. The molecule has 1 heterocycles. The van der Waals surface area contributed by atoms with Crippen molar-refractivity contribution in [2.75, 3.05) is 0 Å². The Kier molecular flexibility index (Phi) is 8.34. The summed E-state index contributed by atoms with van der Waals surface area (Å²) in [5, 5.41) is 1.09. The minimum atomic E-state index is -0.526. The number of unbranched alkanes of at least 4 members (excludes halogenated alkanes) is 1. The largest absolute Gasteiger partial charge is 0.489 e. The minimum absolute atomic E-state index is 0.0627. The molecule has 0 N–H and O–H groups in total. The predicted molar refractivity (Wildman–Crippen MR) is 124 cm³/mol. The summed E-state index contributed by atoms with van der Waals surface area (Å²) in [4.78, 5) is 29.6. The van der Waals surface area contributed by atoms with Gasteiger partial charge in [-0.3, -0.25) is 14.6 Å². The van der Waals surface area contributed by atoms with Gasteiger partial charge in [0.15, 0.2) is 0 Å². The standard InChI is InChI=1S/C27H31NO3/c1-3-5-11-27(30)24(26(29)8-4-2)17-20-12-14-23(15-13-20)31-19-21-16-22-9-6-7-10-25(22)28-18-21/h6-7,9-10,12-16,18,24H,3-5,8,11,17,19H2,1-2H3. The van der Waals surface area contributed by atoms with E-state index < -0.39 is 5.92 Å². The Balaban J connectivity index is 1.61. The summed E-state index contributed by atoms with van der Waals surface area (Å²) in [5.74, 6) is 0.366. The van der Waals surface area contributed by atoms with Crippen LogP contribution in [-0.4, -0.2) is 16.6 Å². The molecule has 0 saturated carbocycles. The molecule has 0 aliphatic rings. The third-order valence-electron chi connectivity index (χ3n) is 5.47. The zero-order chi connectivity index (χ0) is 22.1. The van der Waals surface area contributed by atoms with Crippen LogP contribution in [0.15, 0.2) is 60.8 Å². The molecule has 31 heavy (non-hydrogen) atoms. The molecule has 3 rings (SSSR count). The second-order valence-corrected chi connectivity index (χ2v) is 8.01. The van der Waals surface area contributed by atoms with Gasteiger partial charge in [0.05, 0.1) is 11.4 Å². The number of para-hydroxylation sites is 1. The van der Waals surface area contributed by atoms with Gasteiger partial charge < -0.3 is 4.74 Å². The highest BCUT2D eigenvalue weighted by Gasteiger charge is 2.25. The predicted octanol–water partition coefficient (Wildman–Crippen LogP) is 6.10. The van der Waals surface area contributed by atoms with Gasteiger partial charge in [-0.2, -0.15) is 0 Å². The molecule has 1 atom stereocenters. The number of hydrogen-bond donors (Lipinski definition) is 0. The molecule has 0 bridgehead atoms. The number of hydrogen-bond acceptors (Lipinski definition) is 4. The van der Waals surface area contributed by atoms with E-state index in [-0.39, 0.29) is 11.6 Å². The Morgan fingerprint density at radius 3 is 2.39 bits per heavy atom. The first-order valence-electron chi connectivity index (χ1n) is 11.2. The average molecular weight is 418 g/mol. The first-order valence-corrected chi connectivity index (χ1v) is 11.2. The van der Waals surface area contributed by atoms with Crippen LogP contribution in [-0.2, 0) is 22.6 Å². The lowest BCUT2D eigenvalue weighted by Gasteiger charge is -2.15. The van der Waals surface area contributed by atoms with Crippen LogP contribution in [0, 0.1) is 5.92 Å². The quantitative estimate of drug-likeness (QED) is 0.334. The number of carbonyl (C=O) groups is 2. The fourth-order valence-corrected chi connectivity index (χ4v) is 3.67. The molecule has 0 aliphatic heterocycles. The maximum absolute atomic E-state index is 12.6. The molecule has 0 aliphatic carbocycles. The Morgan fingerprint density at radius 2 is 1.65 bits per heavy atom. The van der Waals surface area contributed by atoms with Gasteiger partial charge in [-0.05, 0) is 49.1 Å². The average Bonchev–Trinajstić information content (AvgIpc) is 2.80. The number of benzene rings is 2. The van der Waals surface area contributed by atoms with Crippen molar-refractivity contribution in [3.63, 3.8) is 0 Å². The SMILES string of the molecule is CCCCC(=O)C(Cc1ccc(OCc2cnc3ccccc3c2)cc1)C(=O)CCC. The number of pyridine rings is 1. The molecule has 0 amide bonds. The number of nitrogens with zero attached hydrogens (tertiary/aromatic N) is 1.